The Balaban J connectivity index is 1.07. The molecular formula is C51H30N4OS. The number of nitrogens with zero attached hydrogens (tertiary/aromatic N) is 4. The van der Waals surface area contributed by atoms with Crippen LogP contribution in [0.2, 0.25) is 0 Å². The van der Waals surface area contributed by atoms with Crippen LogP contribution in [0.3, 0.4) is 0 Å². The number of rotatable bonds is 5. The van der Waals surface area contributed by atoms with Crippen molar-refractivity contribution < 1.29 is 4.42 Å². The van der Waals surface area contributed by atoms with Crippen LogP contribution in [0.5, 0.6) is 0 Å². The zero-order valence-electron chi connectivity index (χ0n) is 30.4. The average molecular weight is 747 g/mol. The molecule has 0 unspecified atom stereocenters. The van der Waals surface area contributed by atoms with E-state index in [9.17, 15) is 0 Å². The molecule has 0 radical (unpaired) electrons. The monoisotopic (exact) mass is 746 g/mol. The highest BCUT2D eigenvalue weighted by molar-refractivity contribution is 7.26. The van der Waals surface area contributed by atoms with Crippen molar-refractivity contribution >= 4 is 75.3 Å². The van der Waals surface area contributed by atoms with E-state index in [1.807, 2.05) is 84.1 Å². The zero-order chi connectivity index (χ0) is 37.5. The van der Waals surface area contributed by atoms with Crippen molar-refractivity contribution in [1.29, 1.82) is 0 Å². The fourth-order valence-electron chi connectivity index (χ4n) is 8.53. The number of para-hydroxylation sites is 2. The lowest BCUT2D eigenvalue weighted by atomic mass is 9.96. The van der Waals surface area contributed by atoms with Crippen molar-refractivity contribution in [2.45, 2.75) is 0 Å². The van der Waals surface area contributed by atoms with Crippen LogP contribution in [0.15, 0.2) is 186 Å². The molecule has 0 aliphatic rings. The molecular weight excluding hydrogens is 717 g/mol. The van der Waals surface area contributed by atoms with Gasteiger partial charge in [0.15, 0.2) is 17.5 Å². The fraction of sp³-hybridized carbons (Fsp3) is 0. The van der Waals surface area contributed by atoms with E-state index in [0.29, 0.717) is 17.5 Å². The normalized spacial score (nSPS) is 11.9. The van der Waals surface area contributed by atoms with Crippen molar-refractivity contribution in [3.8, 4) is 51.0 Å². The predicted molar refractivity (Wildman–Crippen MR) is 236 cm³/mol. The van der Waals surface area contributed by atoms with Crippen LogP contribution in [-0.2, 0) is 0 Å². The van der Waals surface area contributed by atoms with Gasteiger partial charge in [-0.2, -0.15) is 0 Å². The smallest absolute Gasteiger partial charge is 0.164 e. The number of hydrogen-bond acceptors (Lipinski definition) is 5. The van der Waals surface area contributed by atoms with E-state index in [2.05, 4.69) is 114 Å². The van der Waals surface area contributed by atoms with Gasteiger partial charge in [0.25, 0.3) is 0 Å². The molecule has 0 atom stereocenters. The summed E-state index contributed by atoms with van der Waals surface area (Å²) >= 11 is 1.85. The van der Waals surface area contributed by atoms with Crippen LogP contribution in [0.1, 0.15) is 0 Å². The second-order valence-corrected chi connectivity index (χ2v) is 15.4. The van der Waals surface area contributed by atoms with Crippen molar-refractivity contribution in [2.24, 2.45) is 0 Å². The number of aromatic nitrogens is 4. The molecule has 0 saturated heterocycles. The van der Waals surface area contributed by atoms with E-state index in [4.69, 9.17) is 19.4 Å². The molecule has 5 nitrogen and oxygen atoms in total. The molecule has 4 heterocycles. The maximum Gasteiger partial charge on any atom is 0.164 e. The highest BCUT2D eigenvalue weighted by Gasteiger charge is 2.21. The van der Waals surface area contributed by atoms with Gasteiger partial charge in [0.2, 0.25) is 0 Å². The molecule has 0 N–H and O–H groups in total. The molecule has 8 aromatic carbocycles. The first-order chi connectivity index (χ1) is 28.3. The minimum absolute atomic E-state index is 0.600. The standard InChI is InChI=1S/C51H30N4OS/c1-3-14-31(15-4-1)49-52-50(32-16-5-2-6-17-32)54-51(53-49)38-22-13-27-44-47(38)46-34(20-12-26-43(46)56-44)33-28-29-45-39(30-33)37-21-11-25-42(48(37)57-45)55-40-23-9-7-18-35(40)36-19-8-10-24-41(36)55/h1-30H. The molecule has 0 saturated carbocycles. The predicted octanol–water partition coefficient (Wildman–Crippen LogP) is 13.9. The summed E-state index contributed by atoms with van der Waals surface area (Å²) < 4.78 is 11.5. The van der Waals surface area contributed by atoms with Crippen LogP contribution in [0.25, 0.3) is 115 Å². The minimum Gasteiger partial charge on any atom is -0.456 e. The van der Waals surface area contributed by atoms with E-state index >= 15 is 0 Å². The maximum absolute atomic E-state index is 6.60. The molecule has 0 aliphatic heterocycles. The van der Waals surface area contributed by atoms with E-state index in [0.717, 1.165) is 49.8 Å². The van der Waals surface area contributed by atoms with Crippen LogP contribution >= 0.6 is 11.3 Å². The lowest BCUT2D eigenvalue weighted by molar-refractivity contribution is 0.669. The second kappa shape index (κ2) is 12.6. The summed E-state index contributed by atoms with van der Waals surface area (Å²) in [7, 11) is 0. The Kier molecular flexibility index (Phi) is 7.03. The molecule has 12 rings (SSSR count). The number of furan rings is 1. The van der Waals surface area contributed by atoms with Gasteiger partial charge in [-0.05, 0) is 53.6 Å². The SMILES string of the molecule is c1ccc(-c2nc(-c3ccccc3)nc(-c3cccc4oc5cccc(-c6ccc7sc8c(-n9c%10ccccc%10c%10ccccc%109)cccc8c7c6)c5c34)n2)cc1. The second-order valence-electron chi connectivity index (χ2n) is 14.3. The van der Waals surface area contributed by atoms with E-state index in [-0.39, 0.29) is 0 Å². The van der Waals surface area contributed by atoms with Crippen molar-refractivity contribution in [3.05, 3.63) is 182 Å². The van der Waals surface area contributed by atoms with Gasteiger partial charge >= 0.3 is 0 Å². The quantitative estimate of drug-likeness (QED) is 0.176. The largest absolute Gasteiger partial charge is 0.456 e. The Hall–Kier alpha value is -7.41. The molecule has 0 amide bonds. The molecule has 0 bridgehead atoms. The Labute approximate surface area is 330 Å². The van der Waals surface area contributed by atoms with Crippen molar-refractivity contribution in [2.75, 3.05) is 0 Å². The first-order valence-electron chi connectivity index (χ1n) is 19.0. The lowest BCUT2D eigenvalue weighted by Gasteiger charge is -2.10. The summed E-state index contributed by atoms with van der Waals surface area (Å²) in [5.74, 6) is 1.85. The third-order valence-electron chi connectivity index (χ3n) is 11.1. The summed E-state index contributed by atoms with van der Waals surface area (Å²) in [6.45, 7) is 0. The Morgan fingerprint density at radius 2 is 0.947 bits per heavy atom. The molecule has 0 aliphatic carbocycles. The van der Waals surface area contributed by atoms with Gasteiger partial charge in [0, 0.05) is 53.7 Å². The Morgan fingerprint density at radius 3 is 1.61 bits per heavy atom. The van der Waals surface area contributed by atoms with E-state index in [1.165, 1.54) is 47.7 Å². The van der Waals surface area contributed by atoms with Crippen molar-refractivity contribution in [1.82, 2.24) is 19.5 Å². The Bertz CT molecular complexity index is 3420. The molecule has 12 aromatic rings. The van der Waals surface area contributed by atoms with Crippen molar-refractivity contribution in [3.63, 3.8) is 0 Å². The third-order valence-corrected chi connectivity index (χ3v) is 12.3. The topological polar surface area (TPSA) is 56.7 Å². The van der Waals surface area contributed by atoms with Gasteiger partial charge in [-0.15, -0.1) is 11.3 Å². The number of thiophene rings is 1. The van der Waals surface area contributed by atoms with Gasteiger partial charge < -0.3 is 8.98 Å². The molecule has 57 heavy (non-hydrogen) atoms. The lowest BCUT2D eigenvalue weighted by Crippen LogP contribution is -2.00. The fourth-order valence-corrected chi connectivity index (χ4v) is 9.72. The highest BCUT2D eigenvalue weighted by atomic mass is 32.1. The van der Waals surface area contributed by atoms with Gasteiger partial charge in [0.1, 0.15) is 11.2 Å². The first kappa shape index (κ1) is 31.9. The van der Waals surface area contributed by atoms with Crippen LogP contribution in [0.4, 0.5) is 0 Å². The van der Waals surface area contributed by atoms with Crippen LogP contribution in [0, 0.1) is 0 Å². The Morgan fingerprint density at radius 1 is 0.404 bits per heavy atom. The third kappa shape index (κ3) is 4.98. The summed E-state index contributed by atoms with van der Waals surface area (Å²) in [4.78, 5) is 15.2. The number of hydrogen-bond donors (Lipinski definition) is 0. The van der Waals surface area contributed by atoms with E-state index < -0.39 is 0 Å². The van der Waals surface area contributed by atoms with Gasteiger partial charge in [-0.1, -0.05) is 140 Å². The van der Waals surface area contributed by atoms with Gasteiger partial charge in [0.05, 0.1) is 21.4 Å². The molecule has 0 fully saturated rings. The first-order valence-corrected chi connectivity index (χ1v) is 19.8. The molecule has 266 valence electrons. The van der Waals surface area contributed by atoms with Crippen LogP contribution in [-0.4, -0.2) is 19.5 Å². The average Bonchev–Trinajstić information content (AvgIpc) is 3.96. The van der Waals surface area contributed by atoms with Gasteiger partial charge in [-0.25, -0.2) is 15.0 Å². The van der Waals surface area contributed by atoms with Gasteiger partial charge in [-0.3, -0.25) is 0 Å². The highest BCUT2D eigenvalue weighted by Crippen LogP contribution is 2.45. The summed E-state index contributed by atoms with van der Waals surface area (Å²) in [5.41, 5.74) is 10.2. The zero-order valence-corrected chi connectivity index (χ0v) is 31.2. The molecule has 0 spiro atoms. The maximum atomic E-state index is 6.60. The summed E-state index contributed by atoms with van der Waals surface area (Å²) in [6, 6.07) is 63.7. The summed E-state index contributed by atoms with van der Waals surface area (Å²) in [5, 5.41) is 7.02. The minimum atomic E-state index is 0.600. The van der Waals surface area contributed by atoms with Crippen LogP contribution < -0.4 is 0 Å². The summed E-state index contributed by atoms with van der Waals surface area (Å²) in [6.07, 6.45) is 0. The number of fused-ring (bicyclic) bond motifs is 9. The molecule has 6 heteroatoms. The van der Waals surface area contributed by atoms with E-state index in [1.54, 1.807) is 0 Å². The molecule has 4 aromatic heterocycles. The number of benzene rings is 8.